The number of nitrogens with zero attached hydrogens (tertiary/aromatic N) is 1. The molecule has 1 rings (SSSR count). The standard InChI is InChI=1S/C11H14FN3O3S/c1-19-3-2-9(10(16)17)15-11(18)14-8-4-7(12)5-13-6-8/h4-6,9H,2-3H2,1H3,(H,16,17)(H2,14,15,18)/t9-/m0/s1. The average Bonchev–Trinajstić information content (AvgIpc) is 2.34. The first-order valence-corrected chi connectivity index (χ1v) is 6.82. The van der Waals surface area contributed by atoms with Gasteiger partial charge in [-0.05, 0) is 18.4 Å². The number of hydrogen-bond donors (Lipinski definition) is 3. The third-order valence-electron chi connectivity index (χ3n) is 2.18. The zero-order valence-electron chi connectivity index (χ0n) is 10.2. The zero-order valence-corrected chi connectivity index (χ0v) is 11.0. The molecule has 0 aliphatic rings. The van der Waals surface area contributed by atoms with E-state index in [2.05, 4.69) is 15.6 Å². The van der Waals surface area contributed by atoms with Gasteiger partial charge in [-0.1, -0.05) is 0 Å². The lowest BCUT2D eigenvalue weighted by Gasteiger charge is -2.14. The second-order valence-electron chi connectivity index (χ2n) is 3.66. The van der Waals surface area contributed by atoms with Gasteiger partial charge < -0.3 is 15.7 Å². The molecule has 0 aromatic carbocycles. The molecule has 19 heavy (non-hydrogen) atoms. The van der Waals surface area contributed by atoms with Gasteiger partial charge in [-0.25, -0.2) is 14.0 Å². The minimum atomic E-state index is -1.11. The smallest absolute Gasteiger partial charge is 0.326 e. The Hall–Kier alpha value is -1.83. The predicted molar refractivity (Wildman–Crippen MR) is 70.8 cm³/mol. The first-order chi connectivity index (χ1) is 9.02. The number of urea groups is 1. The summed E-state index contributed by atoms with van der Waals surface area (Å²) in [7, 11) is 0. The van der Waals surface area contributed by atoms with Crippen molar-refractivity contribution >= 4 is 29.4 Å². The van der Waals surface area contributed by atoms with Crippen LogP contribution in [0.4, 0.5) is 14.9 Å². The summed E-state index contributed by atoms with van der Waals surface area (Å²) in [4.78, 5) is 26.0. The number of rotatable bonds is 6. The van der Waals surface area contributed by atoms with E-state index in [-0.39, 0.29) is 5.69 Å². The monoisotopic (exact) mass is 287 g/mol. The van der Waals surface area contributed by atoms with E-state index in [9.17, 15) is 14.0 Å². The number of halogens is 1. The normalized spacial score (nSPS) is 11.7. The van der Waals surface area contributed by atoms with Crippen molar-refractivity contribution in [1.82, 2.24) is 10.3 Å². The molecule has 0 bridgehead atoms. The molecule has 0 radical (unpaired) electrons. The number of hydrogen-bond acceptors (Lipinski definition) is 4. The van der Waals surface area contributed by atoms with Crippen LogP contribution < -0.4 is 10.6 Å². The maximum atomic E-state index is 12.8. The van der Waals surface area contributed by atoms with Gasteiger partial charge in [0.1, 0.15) is 11.9 Å². The van der Waals surface area contributed by atoms with Gasteiger partial charge in [0.2, 0.25) is 0 Å². The maximum absolute atomic E-state index is 12.8. The van der Waals surface area contributed by atoms with Gasteiger partial charge in [0.25, 0.3) is 0 Å². The van der Waals surface area contributed by atoms with Gasteiger partial charge in [-0.15, -0.1) is 0 Å². The van der Waals surface area contributed by atoms with E-state index in [0.717, 1.165) is 12.3 Å². The number of amides is 2. The molecule has 8 heteroatoms. The van der Waals surface area contributed by atoms with Crippen LogP contribution in [0.5, 0.6) is 0 Å². The lowest BCUT2D eigenvalue weighted by Crippen LogP contribution is -2.43. The van der Waals surface area contributed by atoms with Crippen molar-refractivity contribution in [3.63, 3.8) is 0 Å². The number of nitrogens with one attached hydrogen (secondary N) is 2. The van der Waals surface area contributed by atoms with Crippen LogP contribution in [0.3, 0.4) is 0 Å². The molecule has 0 saturated heterocycles. The molecule has 0 aliphatic carbocycles. The Labute approximate surface area is 113 Å². The Bertz CT molecular complexity index is 459. The van der Waals surface area contributed by atoms with E-state index in [4.69, 9.17) is 5.11 Å². The highest BCUT2D eigenvalue weighted by Gasteiger charge is 2.19. The predicted octanol–water partition coefficient (Wildman–Crippen LogP) is 1.55. The molecule has 6 nitrogen and oxygen atoms in total. The molecule has 0 unspecified atom stereocenters. The third-order valence-corrected chi connectivity index (χ3v) is 2.82. The number of carbonyl (C=O) groups excluding carboxylic acids is 1. The molecule has 1 atom stereocenters. The lowest BCUT2D eigenvalue weighted by molar-refractivity contribution is -0.139. The Morgan fingerprint density at radius 2 is 2.26 bits per heavy atom. The Morgan fingerprint density at radius 1 is 1.53 bits per heavy atom. The molecule has 104 valence electrons. The quantitative estimate of drug-likeness (QED) is 0.738. The van der Waals surface area contributed by atoms with E-state index in [1.165, 1.54) is 18.0 Å². The second-order valence-corrected chi connectivity index (χ2v) is 4.65. The number of thioether (sulfide) groups is 1. The summed E-state index contributed by atoms with van der Waals surface area (Å²) in [6.07, 6.45) is 4.42. The van der Waals surface area contributed by atoms with Crippen molar-refractivity contribution in [2.24, 2.45) is 0 Å². The van der Waals surface area contributed by atoms with Gasteiger partial charge in [0, 0.05) is 6.07 Å². The zero-order chi connectivity index (χ0) is 14.3. The number of aliphatic carboxylic acids is 1. The van der Waals surface area contributed by atoms with Gasteiger partial charge >= 0.3 is 12.0 Å². The summed E-state index contributed by atoms with van der Waals surface area (Å²) in [5.41, 5.74) is 0.159. The fourth-order valence-corrected chi connectivity index (χ4v) is 1.77. The van der Waals surface area contributed by atoms with Crippen molar-refractivity contribution in [1.29, 1.82) is 0 Å². The molecule has 1 aromatic rings. The first-order valence-electron chi connectivity index (χ1n) is 5.42. The molecular formula is C11H14FN3O3S. The molecule has 0 aliphatic heterocycles. The molecule has 1 heterocycles. The van der Waals surface area contributed by atoms with Crippen LogP contribution in [0.2, 0.25) is 0 Å². The fourth-order valence-electron chi connectivity index (χ4n) is 1.30. The third kappa shape index (κ3) is 5.56. The number of carboxylic acids is 1. The van der Waals surface area contributed by atoms with Gasteiger partial charge in [0.15, 0.2) is 0 Å². The first kappa shape index (κ1) is 15.2. The van der Waals surface area contributed by atoms with E-state index >= 15 is 0 Å². The van der Waals surface area contributed by atoms with Gasteiger partial charge in [-0.2, -0.15) is 11.8 Å². The molecular weight excluding hydrogens is 273 g/mol. The molecule has 3 N–H and O–H groups in total. The summed E-state index contributed by atoms with van der Waals surface area (Å²) >= 11 is 1.49. The van der Waals surface area contributed by atoms with Crippen LogP contribution in [-0.4, -0.2) is 40.1 Å². The number of aromatic nitrogens is 1. The highest BCUT2D eigenvalue weighted by atomic mass is 32.2. The highest BCUT2D eigenvalue weighted by molar-refractivity contribution is 7.98. The van der Waals surface area contributed by atoms with E-state index in [1.54, 1.807) is 0 Å². The largest absolute Gasteiger partial charge is 0.480 e. The van der Waals surface area contributed by atoms with E-state index in [1.807, 2.05) is 6.26 Å². The van der Waals surface area contributed by atoms with Crippen molar-refractivity contribution < 1.29 is 19.1 Å². The summed E-state index contributed by atoms with van der Waals surface area (Å²) in [6, 6.07) is -0.598. The van der Waals surface area contributed by atoms with Crippen LogP contribution >= 0.6 is 11.8 Å². The van der Waals surface area contributed by atoms with Crippen LogP contribution in [0.1, 0.15) is 6.42 Å². The second kappa shape index (κ2) is 7.57. The van der Waals surface area contributed by atoms with Crippen molar-refractivity contribution in [2.75, 3.05) is 17.3 Å². The summed E-state index contributed by atoms with van der Waals surface area (Å²) < 4.78 is 12.8. The Morgan fingerprint density at radius 3 is 2.84 bits per heavy atom. The van der Waals surface area contributed by atoms with Gasteiger partial charge in [0.05, 0.1) is 18.1 Å². The topological polar surface area (TPSA) is 91.3 Å². The van der Waals surface area contributed by atoms with Crippen molar-refractivity contribution in [2.45, 2.75) is 12.5 Å². The van der Waals surface area contributed by atoms with Crippen molar-refractivity contribution in [3.05, 3.63) is 24.3 Å². The molecule has 0 saturated carbocycles. The van der Waals surface area contributed by atoms with Crippen LogP contribution in [-0.2, 0) is 4.79 Å². The van der Waals surface area contributed by atoms with Crippen molar-refractivity contribution in [3.8, 4) is 0 Å². The minimum absolute atomic E-state index is 0.159. The molecule has 0 spiro atoms. The number of carbonyl (C=O) groups is 2. The van der Waals surface area contributed by atoms with Crippen LogP contribution in [0, 0.1) is 5.82 Å². The van der Waals surface area contributed by atoms with Crippen LogP contribution in [0.15, 0.2) is 18.5 Å². The number of pyridine rings is 1. The average molecular weight is 287 g/mol. The maximum Gasteiger partial charge on any atom is 0.326 e. The molecule has 2 amide bonds. The number of anilines is 1. The van der Waals surface area contributed by atoms with Gasteiger partial charge in [-0.3, -0.25) is 4.98 Å². The van der Waals surface area contributed by atoms with E-state index in [0.29, 0.717) is 12.2 Å². The van der Waals surface area contributed by atoms with Crippen LogP contribution in [0.25, 0.3) is 0 Å². The number of carboxylic acid groups (broad SMARTS) is 1. The Balaban J connectivity index is 2.55. The van der Waals surface area contributed by atoms with E-state index < -0.39 is 23.9 Å². The summed E-state index contributed by atoms with van der Waals surface area (Å²) in [6.45, 7) is 0. The Kier molecular flexibility index (Phi) is 6.07. The SMILES string of the molecule is CSCC[C@H](NC(=O)Nc1cncc(F)c1)C(=O)O. The molecule has 0 fully saturated rings. The highest BCUT2D eigenvalue weighted by Crippen LogP contribution is 2.07. The summed E-state index contributed by atoms with van der Waals surface area (Å²) in [5.74, 6) is -1.09. The fraction of sp³-hybridized carbons (Fsp3) is 0.364. The summed E-state index contributed by atoms with van der Waals surface area (Å²) in [5, 5.41) is 13.6. The lowest BCUT2D eigenvalue weighted by atomic mass is 10.2. The molecule has 1 aromatic heterocycles. The minimum Gasteiger partial charge on any atom is -0.480 e.